The molecular formula is C35H44N2O4. The number of rotatable bonds is 8. The number of aliphatic hydroxyl groups is 1. The smallest absolute Gasteiger partial charge is 0.246 e. The van der Waals surface area contributed by atoms with Gasteiger partial charge in [0.15, 0.2) is 11.5 Å². The molecule has 1 N–H and O–H groups in total. The van der Waals surface area contributed by atoms with Crippen LogP contribution in [0, 0.1) is 18.8 Å². The third-order valence-corrected chi connectivity index (χ3v) is 10.6. The van der Waals surface area contributed by atoms with Crippen LogP contribution in [0.15, 0.2) is 42.5 Å². The van der Waals surface area contributed by atoms with E-state index in [1.807, 2.05) is 29.2 Å². The number of carbonyl (C=O) groups excluding carboxylic acids is 1. The molecule has 41 heavy (non-hydrogen) atoms. The maximum atomic E-state index is 14.0. The Balaban J connectivity index is 1.29. The van der Waals surface area contributed by atoms with Gasteiger partial charge in [0.1, 0.15) is 6.10 Å². The van der Waals surface area contributed by atoms with Crippen molar-refractivity contribution in [3.05, 3.63) is 64.7 Å². The highest BCUT2D eigenvalue weighted by Gasteiger charge is 2.73. The van der Waals surface area contributed by atoms with E-state index in [9.17, 15) is 9.90 Å². The lowest BCUT2D eigenvalue weighted by Gasteiger charge is -2.65. The Kier molecular flexibility index (Phi) is 6.51. The number of benzene rings is 2. The second-order valence-electron chi connectivity index (χ2n) is 13.7. The third-order valence-electron chi connectivity index (χ3n) is 10.6. The lowest BCUT2D eigenvalue weighted by molar-refractivity contribution is -0.201. The molecule has 3 aliphatic carbocycles. The molecule has 0 aromatic heterocycles. The van der Waals surface area contributed by atoms with Crippen molar-refractivity contribution in [1.29, 1.82) is 0 Å². The summed E-state index contributed by atoms with van der Waals surface area (Å²) in [5.74, 6) is 2.61. The van der Waals surface area contributed by atoms with E-state index in [4.69, 9.17) is 9.47 Å². The summed E-state index contributed by atoms with van der Waals surface area (Å²) in [6, 6.07) is 12.4. The topological polar surface area (TPSA) is 62.2 Å². The predicted molar refractivity (Wildman–Crippen MR) is 160 cm³/mol. The minimum Gasteiger partial charge on any atom is -0.493 e. The SMILES string of the molecule is COc1ccc2c3c1OC1C(N(CC(C)C)C(=O)/C=C/c4cccc(C)c4)CC[C@@]4(O)[C@@H](C2)N(CC2CC2)CC[C@]314. The molecule has 2 unspecified atom stereocenters. The molecule has 2 aromatic rings. The molecular weight excluding hydrogens is 512 g/mol. The Bertz CT molecular complexity index is 1380. The van der Waals surface area contributed by atoms with E-state index in [-0.39, 0.29) is 24.1 Å². The van der Waals surface area contributed by atoms with Gasteiger partial charge >= 0.3 is 0 Å². The number of piperidine rings is 1. The van der Waals surface area contributed by atoms with Crippen LogP contribution in [0.1, 0.15) is 68.2 Å². The van der Waals surface area contributed by atoms with Crippen molar-refractivity contribution in [2.24, 2.45) is 11.8 Å². The minimum absolute atomic E-state index is 0.0114. The first-order valence-corrected chi connectivity index (χ1v) is 15.6. The van der Waals surface area contributed by atoms with Gasteiger partial charge in [-0.2, -0.15) is 0 Å². The van der Waals surface area contributed by atoms with E-state index < -0.39 is 11.0 Å². The highest BCUT2D eigenvalue weighted by Crippen LogP contribution is 2.66. The zero-order valence-corrected chi connectivity index (χ0v) is 24.9. The van der Waals surface area contributed by atoms with Crippen molar-refractivity contribution in [2.75, 3.05) is 26.7 Å². The lowest BCUT2D eigenvalue weighted by atomic mass is 9.48. The predicted octanol–water partition coefficient (Wildman–Crippen LogP) is 5.13. The number of hydrogen-bond donors (Lipinski definition) is 1. The number of carbonyl (C=O) groups is 1. The van der Waals surface area contributed by atoms with Crippen LogP contribution in [0.2, 0.25) is 0 Å². The molecule has 1 spiro atoms. The number of methoxy groups -OCH3 is 1. The fraction of sp³-hybridized carbons (Fsp3) is 0.571. The van der Waals surface area contributed by atoms with Crippen molar-refractivity contribution in [1.82, 2.24) is 9.80 Å². The number of nitrogens with zero attached hydrogens (tertiary/aromatic N) is 2. The molecule has 5 aliphatic rings. The average Bonchev–Trinajstić information content (AvgIpc) is 3.69. The first kappa shape index (κ1) is 27.0. The number of aryl methyl sites for hydroxylation is 1. The monoisotopic (exact) mass is 556 g/mol. The van der Waals surface area contributed by atoms with Gasteiger partial charge in [-0.05, 0) is 87.1 Å². The Hall–Kier alpha value is -2.83. The van der Waals surface area contributed by atoms with Crippen molar-refractivity contribution in [3.8, 4) is 11.5 Å². The molecule has 1 amide bonds. The molecule has 6 heteroatoms. The van der Waals surface area contributed by atoms with Crippen molar-refractivity contribution in [3.63, 3.8) is 0 Å². The van der Waals surface area contributed by atoms with E-state index >= 15 is 0 Å². The molecule has 2 bridgehead atoms. The Morgan fingerprint density at radius 2 is 2.05 bits per heavy atom. The van der Waals surface area contributed by atoms with E-state index in [1.165, 1.54) is 24.0 Å². The lowest BCUT2D eigenvalue weighted by Crippen LogP contribution is -2.78. The summed E-state index contributed by atoms with van der Waals surface area (Å²) in [6.07, 6.45) is 9.02. The van der Waals surface area contributed by atoms with Gasteiger partial charge in [-0.1, -0.05) is 49.7 Å². The molecule has 2 heterocycles. The van der Waals surface area contributed by atoms with E-state index in [0.29, 0.717) is 18.9 Å². The van der Waals surface area contributed by atoms with Crippen LogP contribution in [0.5, 0.6) is 11.5 Å². The summed E-state index contributed by atoms with van der Waals surface area (Å²) >= 11 is 0. The Labute approximate surface area is 244 Å². The van der Waals surface area contributed by atoms with Crippen LogP contribution in [0.4, 0.5) is 0 Å². The molecule has 2 aliphatic heterocycles. The highest BCUT2D eigenvalue weighted by atomic mass is 16.5. The minimum atomic E-state index is -0.893. The first-order chi connectivity index (χ1) is 19.7. The maximum absolute atomic E-state index is 14.0. The largest absolute Gasteiger partial charge is 0.493 e. The second-order valence-corrected chi connectivity index (χ2v) is 13.7. The van der Waals surface area contributed by atoms with Gasteiger partial charge in [0.25, 0.3) is 0 Å². The van der Waals surface area contributed by atoms with E-state index in [1.54, 1.807) is 13.2 Å². The molecule has 7 rings (SSSR count). The summed E-state index contributed by atoms with van der Waals surface area (Å²) in [5.41, 5.74) is 3.19. The van der Waals surface area contributed by atoms with Gasteiger partial charge in [-0.3, -0.25) is 9.69 Å². The van der Waals surface area contributed by atoms with Crippen molar-refractivity contribution >= 4 is 12.0 Å². The summed E-state index contributed by atoms with van der Waals surface area (Å²) in [5, 5.41) is 12.9. The molecule has 0 radical (unpaired) electrons. The fourth-order valence-electron chi connectivity index (χ4n) is 8.74. The Morgan fingerprint density at radius 1 is 1.22 bits per heavy atom. The van der Waals surface area contributed by atoms with Crippen molar-refractivity contribution < 1.29 is 19.4 Å². The maximum Gasteiger partial charge on any atom is 0.246 e. The quantitative estimate of drug-likeness (QED) is 0.457. The molecule has 3 fully saturated rings. The molecule has 218 valence electrons. The molecule has 2 saturated carbocycles. The zero-order chi connectivity index (χ0) is 28.5. The van der Waals surface area contributed by atoms with Crippen LogP contribution < -0.4 is 9.47 Å². The normalized spacial score (nSPS) is 31.7. The Morgan fingerprint density at radius 3 is 2.78 bits per heavy atom. The molecule has 5 atom stereocenters. The fourth-order valence-corrected chi connectivity index (χ4v) is 8.74. The van der Waals surface area contributed by atoms with E-state index in [0.717, 1.165) is 60.9 Å². The molecule has 2 aromatic carbocycles. The highest BCUT2D eigenvalue weighted by molar-refractivity contribution is 5.92. The number of likely N-dealkylation sites (tertiary alicyclic amines) is 1. The van der Waals surface area contributed by atoms with Gasteiger partial charge in [0, 0.05) is 30.8 Å². The third kappa shape index (κ3) is 4.16. The van der Waals surface area contributed by atoms with Gasteiger partial charge in [0.2, 0.25) is 5.91 Å². The van der Waals surface area contributed by atoms with E-state index in [2.05, 4.69) is 43.9 Å². The van der Waals surface area contributed by atoms with Gasteiger partial charge < -0.3 is 19.5 Å². The second kappa shape index (κ2) is 9.88. The first-order valence-electron chi connectivity index (χ1n) is 15.6. The number of amides is 1. The van der Waals surface area contributed by atoms with Crippen LogP contribution >= 0.6 is 0 Å². The number of hydrogen-bond acceptors (Lipinski definition) is 5. The average molecular weight is 557 g/mol. The summed E-state index contributed by atoms with van der Waals surface area (Å²) in [6.45, 7) is 9.09. The summed E-state index contributed by atoms with van der Waals surface area (Å²) < 4.78 is 12.8. The van der Waals surface area contributed by atoms with Gasteiger partial charge in [-0.15, -0.1) is 0 Å². The molecule has 1 saturated heterocycles. The van der Waals surface area contributed by atoms with Crippen LogP contribution in [-0.2, 0) is 16.6 Å². The number of ether oxygens (including phenoxy) is 2. The molecule has 6 nitrogen and oxygen atoms in total. The standard InChI is InChI=1S/C35H44N2O4/c1-22(2)20-37(30(38)13-10-24-7-5-6-23(3)18-24)27-14-15-35(39)29-19-26-11-12-28(40-4)32-31(26)34(35,33(27)41-32)16-17-36(29)21-25-8-9-25/h5-7,10-13,18,22,25,27,29,33,39H,8-9,14-17,19-21H2,1-4H3/b13-10+/t27?,29-,33?,34+,35-/m1/s1. The van der Waals surface area contributed by atoms with Crippen LogP contribution in [0.25, 0.3) is 6.08 Å². The zero-order valence-electron chi connectivity index (χ0n) is 24.9. The van der Waals surface area contributed by atoms with Gasteiger partial charge in [-0.25, -0.2) is 0 Å². The van der Waals surface area contributed by atoms with Crippen LogP contribution in [0.3, 0.4) is 0 Å². The summed E-state index contributed by atoms with van der Waals surface area (Å²) in [4.78, 5) is 18.6. The van der Waals surface area contributed by atoms with Crippen LogP contribution in [-0.4, -0.2) is 71.3 Å². The van der Waals surface area contributed by atoms with Gasteiger partial charge in [0.05, 0.1) is 24.2 Å². The van der Waals surface area contributed by atoms with Crippen molar-refractivity contribution in [2.45, 2.75) is 88.5 Å². The summed E-state index contributed by atoms with van der Waals surface area (Å²) in [7, 11) is 1.69.